The number of aryl methyl sites for hydroxylation is 1. The number of hydrogen-bond acceptors (Lipinski definition) is 4. The molecule has 0 spiro atoms. The molecule has 1 rings (SSSR count). The molecule has 0 unspecified atom stereocenters. The van der Waals surface area contributed by atoms with Crippen LogP contribution in [0, 0.1) is 13.8 Å². The number of aromatic nitrogens is 2. The van der Waals surface area contributed by atoms with Crippen LogP contribution in [0.25, 0.3) is 0 Å². The highest BCUT2D eigenvalue weighted by molar-refractivity contribution is 5.69. The van der Waals surface area contributed by atoms with Crippen molar-refractivity contribution in [2.75, 3.05) is 6.61 Å². The molecule has 1 N–H and O–H groups in total. The Kier molecular flexibility index (Phi) is 3.85. The minimum Gasteiger partial charge on any atom is -0.465 e. The Morgan fingerprint density at radius 3 is 2.67 bits per heavy atom. The highest BCUT2D eigenvalue weighted by Gasteiger charge is 2.13. The quantitative estimate of drug-likeness (QED) is 0.740. The van der Waals surface area contributed by atoms with Gasteiger partial charge in [0, 0.05) is 11.3 Å². The molecule has 0 aliphatic rings. The molecule has 0 amide bonds. The summed E-state index contributed by atoms with van der Waals surface area (Å²) < 4.78 is 6.38. The van der Waals surface area contributed by atoms with Crippen LogP contribution in [0.3, 0.4) is 0 Å². The molecule has 0 radical (unpaired) electrons. The average molecular weight is 212 g/mol. The molecule has 0 saturated carbocycles. The third-order valence-electron chi connectivity index (χ3n) is 2.27. The van der Waals surface area contributed by atoms with Gasteiger partial charge in [-0.1, -0.05) is 0 Å². The van der Waals surface area contributed by atoms with Gasteiger partial charge in [-0.25, -0.2) is 0 Å². The van der Waals surface area contributed by atoms with Gasteiger partial charge in [0.05, 0.1) is 18.9 Å². The molecule has 0 aromatic carbocycles. The van der Waals surface area contributed by atoms with Crippen molar-refractivity contribution in [2.45, 2.75) is 33.9 Å². The Labute approximate surface area is 88.7 Å². The Bertz CT molecular complexity index is 358. The van der Waals surface area contributed by atoms with Crippen molar-refractivity contribution >= 4 is 5.97 Å². The second-order valence-corrected chi connectivity index (χ2v) is 3.27. The van der Waals surface area contributed by atoms with Gasteiger partial charge in [0.2, 0.25) is 0 Å². The third kappa shape index (κ3) is 2.56. The number of hydrogen-bond donors (Lipinski definition) is 1. The number of aliphatic hydroxyl groups is 1. The third-order valence-corrected chi connectivity index (χ3v) is 2.27. The van der Waals surface area contributed by atoms with Crippen LogP contribution in [0.15, 0.2) is 0 Å². The smallest absolute Gasteiger partial charge is 0.327 e. The SMILES string of the molecule is CCOC(=O)Cn1nc(C)c(CO)c1C. The molecule has 0 bridgehead atoms. The summed E-state index contributed by atoms with van der Waals surface area (Å²) in [4.78, 5) is 11.2. The maximum atomic E-state index is 11.2. The lowest BCUT2D eigenvalue weighted by Crippen LogP contribution is -2.15. The van der Waals surface area contributed by atoms with E-state index < -0.39 is 0 Å². The maximum Gasteiger partial charge on any atom is 0.327 e. The van der Waals surface area contributed by atoms with E-state index in [1.807, 2.05) is 6.92 Å². The fourth-order valence-corrected chi connectivity index (χ4v) is 1.45. The zero-order chi connectivity index (χ0) is 11.4. The van der Waals surface area contributed by atoms with Gasteiger partial charge in [0.25, 0.3) is 0 Å². The summed E-state index contributed by atoms with van der Waals surface area (Å²) in [6.07, 6.45) is 0. The van der Waals surface area contributed by atoms with Crippen LogP contribution in [-0.2, 0) is 22.7 Å². The lowest BCUT2D eigenvalue weighted by atomic mass is 10.2. The van der Waals surface area contributed by atoms with Crippen molar-refractivity contribution in [3.8, 4) is 0 Å². The van der Waals surface area contributed by atoms with Crippen LogP contribution in [0.5, 0.6) is 0 Å². The fourth-order valence-electron chi connectivity index (χ4n) is 1.45. The van der Waals surface area contributed by atoms with Crippen molar-refractivity contribution in [2.24, 2.45) is 0 Å². The molecule has 1 aromatic heterocycles. The molecule has 15 heavy (non-hydrogen) atoms. The molecule has 0 saturated heterocycles. The number of carbonyl (C=O) groups excluding carboxylic acids is 1. The maximum absolute atomic E-state index is 11.2. The monoisotopic (exact) mass is 212 g/mol. The van der Waals surface area contributed by atoms with E-state index in [4.69, 9.17) is 9.84 Å². The lowest BCUT2D eigenvalue weighted by molar-refractivity contribution is -0.144. The van der Waals surface area contributed by atoms with Gasteiger partial charge in [0.1, 0.15) is 6.54 Å². The van der Waals surface area contributed by atoms with E-state index in [9.17, 15) is 4.79 Å². The summed E-state index contributed by atoms with van der Waals surface area (Å²) >= 11 is 0. The molecular weight excluding hydrogens is 196 g/mol. The first-order valence-electron chi connectivity index (χ1n) is 4.89. The van der Waals surface area contributed by atoms with Crippen molar-refractivity contribution in [3.05, 3.63) is 17.0 Å². The minimum absolute atomic E-state index is 0.0551. The van der Waals surface area contributed by atoms with Crippen LogP contribution in [0.2, 0.25) is 0 Å². The van der Waals surface area contributed by atoms with Crippen LogP contribution in [-0.4, -0.2) is 27.5 Å². The van der Waals surface area contributed by atoms with Gasteiger partial charge in [-0.05, 0) is 20.8 Å². The van der Waals surface area contributed by atoms with Crippen molar-refractivity contribution in [1.29, 1.82) is 0 Å². The van der Waals surface area contributed by atoms with E-state index in [1.54, 1.807) is 18.5 Å². The van der Waals surface area contributed by atoms with Gasteiger partial charge < -0.3 is 9.84 Å². The predicted molar refractivity (Wildman–Crippen MR) is 54.3 cm³/mol. The van der Waals surface area contributed by atoms with Gasteiger partial charge >= 0.3 is 5.97 Å². The number of aliphatic hydroxyl groups excluding tert-OH is 1. The number of esters is 1. The Morgan fingerprint density at radius 1 is 1.53 bits per heavy atom. The molecule has 5 heteroatoms. The zero-order valence-corrected chi connectivity index (χ0v) is 9.28. The van der Waals surface area contributed by atoms with Crippen LogP contribution < -0.4 is 0 Å². The normalized spacial score (nSPS) is 10.4. The summed E-state index contributed by atoms with van der Waals surface area (Å²) in [6, 6.07) is 0. The summed E-state index contributed by atoms with van der Waals surface area (Å²) in [5.41, 5.74) is 2.33. The molecule has 0 fully saturated rings. The minimum atomic E-state index is -0.312. The molecule has 0 atom stereocenters. The van der Waals surface area contributed by atoms with E-state index in [0.717, 1.165) is 17.0 Å². The summed E-state index contributed by atoms with van der Waals surface area (Å²) in [6.45, 7) is 5.80. The van der Waals surface area contributed by atoms with E-state index in [0.29, 0.717) is 6.61 Å². The molecule has 0 aliphatic heterocycles. The summed E-state index contributed by atoms with van der Waals surface area (Å²) in [5.74, 6) is -0.312. The average Bonchev–Trinajstić information content (AvgIpc) is 2.42. The van der Waals surface area contributed by atoms with Crippen molar-refractivity contribution < 1.29 is 14.6 Å². The number of nitrogens with zero attached hydrogens (tertiary/aromatic N) is 2. The highest BCUT2D eigenvalue weighted by Crippen LogP contribution is 2.12. The first-order chi connectivity index (χ1) is 7.10. The molecule has 1 heterocycles. The van der Waals surface area contributed by atoms with Gasteiger partial charge in [-0.3, -0.25) is 9.48 Å². The largest absolute Gasteiger partial charge is 0.465 e. The molecular formula is C10H16N2O3. The second-order valence-electron chi connectivity index (χ2n) is 3.27. The topological polar surface area (TPSA) is 64.4 Å². The zero-order valence-electron chi connectivity index (χ0n) is 9.28. The van der Waals surface area contributed by atoms with Crippen LogP contribution >= 0.6 is 0 Å². The molecule has 0 aliphatic carbocycles. The molecule has 5 nitrogen and oxygen atoms in total. The van der Waals surface area contributed by atoms with E-state index >= 15 is 0 Å². The van der Waals surface area contributed by atoms with Crippen LogP contribution in [0.1, 0.15) is 23.9 Å². The lowest BCUT2D eigenvalue weighted by Gasteiger charge is -2.04. The van der Waals surface area contributed by atoms with Crippen molar-refractivity contribution in [3.63, 3.8) is 0 Å². The Balaban J connectivity index is 2.82. The van der Waals surface area contributed by atoms with Crippen LogP contribution in [0.4, 0.5) is 0 Å². The predicted octanol–water partition coefficient (Wildman–Crippen LogP) is 0.555. The Hall–Kier alpha value is -1.36. The highest BCUT2D eigenvalue weighted by atomic mass is 16.5. The van der Waals surface area contributed by atoms with Crippen molar-refractivity contribution in [1.82, 2.24) is 9.78 Å². The number of carbonyl (C=O) groups is 1. The standard InChI is InChI=1S/C10H16N2O3/c1-4-15-10(14)5-12-8(3)9(6-13)7(2)11-12/h13H,4-6H2,1-3H3. The van der Waals surface area contributed by atoms with Gasteiger partial charge in [-0.2, -0.15) is 5.10 Å². The second kappa shape index (κ2) is 4.93. The van der Waals surface area contributed by atoms with Gasteiger partial charge in [-0.15, -0.1) is 0 Å². The van der Waals surface area contributed by atoms with E-state index in [-0.39, 0.29) is 19.1 Å². The Morgan fingerprint density at radius 2 is 2.20 bits per heavy atom. The van der Waals surface area contributed by atoms with E-state index in [2.05, 4.69) is 5.10 Å². The number of ether oxygens (including phenoxy) is 1. The number of rotatable bonds is 4. The first kappa shape index (κ1) is 11.7. The molecule has 1 aromatic rings. The summed E-state index contributed by atoms with van der Waals surface area (Å²) in [7, 11) is 0. The summed E-state index contributed by atoms with van der Waals surface area (Å²) in [5, 5.41) is 13.2. The van der Waals surface area contributed by atoms with E-state index in [1.165, 1.54) is 0 Å². The first-order valence-corrected chi connectivity index (χ1v) is 4.89. The molecule has 84 valence electrons. The fraction of sp³-hybridized carbons (Fsp3) is 0.600. The van der Waals surface area contributed by atoms with Gasteiger partial charge in [0.15, 0.2) is 0 Å².